The molecule has 0 aliphatic carbocycles. The van der Waals surface area contributed by atoms with Crippen LogP contribution in [0.5, 0.6) is 11.5 Å². The van der Waals surface area contributed by atoms with E-state index >= 15 is 0 Å². The first kappa shape index (κ1) is 40.8. The van der Waals surface area contributed by atoms with E-state index in [-0.39, 0.29) is 54.4 Å². The van der Waals surface area contributed by atoms with Gasteiger partial charge in [-0.3, -0.25) is 15.4 Å². The summed E-state index contributed by atoms with van der Waals surface area (Å²) in [6.07, 6.45) is -9.62. The van der Waals surface area contributed by atoms with E-state index in [4.69, 9.17) is 23.8 Å². The van der Waals surface area contributed by atoms with Crippen molar-refractivity contribution in [1.29, 1.82) is 0 Å². The van der Waals surface area contributed by atoms with Crippen LogP contribution in [0.15, 0.2) is 81.6 Å². The van der Waals surface area contributed by atoms with Crippen LogP contribution >= 0.6 is 0 Å². The fourth-order valence-corrected chi connectivity index (χ4v) is 5.74. The lowest BCUT2D eigenvalue weighted by atomic mass is 10.1. The Morgan fingerprint density at radius 2 is 1.13 bits per heavy atom. The van der Waals surface area contributed by atoms with Crippen molar-refractivity contribution in [2.75, 3.05) is 30.5 Å². The van der Waals surface area contributed by atoms with Gasteiger partial charge < -0.3 is 42.4 Å². The summed E-state index contributed by atoms with van der Waals surface area (Å²) >= 11 is 0. The van der Waals surface area contributed by atoms with Gasteiger partial charge in [-0.2, -0.15) is 9.97 Å². The number of halogens is 6. The first-order valence-corrected chi connectivity index (χ1v) is 17.2. The molecule has 17 nitrogen and oxygen atoms in total. The third-order valence-corrected chi connectivity index (χ3v) is 8.42. The second-order valence-corrected chi connectivity index (χ2v) is 12.5. The number of hydrogen-bond acceptors (Lipinski definition) is 14. The number of imidazole rings is 2. The number of hydrogen-bond donors (Lipinski definition) is 4. The number of nitrogens with zero attached hydrogens (tertiary/aromatic N) is 6. The molecule has 60 heavy (non-hydrogen) atoms. The number of aliphatic hydroxyl groups is 1. The highest BCUT2D eigenvalue weighted by Crippen LogP contribution is 2.31. The molecule has 0 saturated carbocycles. The number of carbonyl (C=O) groups is 2. The van der Waals surface area contributed by atoms with E-state index in [2.05, 4.69) is 40.0 Å². The van der Waals surface area contributed by atoms with Gasteiger partial charge in [0, 0.05) is 31.8 Å². The highest BCUT2D eigenvalue weighted by molar-refractivity contribution is 6.00. The zero-order valence-electron chi connectivity index (χ0n) is 30.8. The molecule has 4 aromatic carbocycles. The summed E-state index contributed by atoms with van der Waals surface area (Å²) in [6.45, 7) is -0.263. The van der Waals surface area contributed by atoms with Crippen molar-refractivity contribution in [3.8, 4) is 11.5 Å². The molecular formula is C37H28F6N8O9. The zero-order valence-corrected chi connectivity index (χ0v) is 30.8. The number of carboxylic acid groups (broad SMARTS) is 1. The number of alkyl halides is 6. The number of benzene rings is 4. The number of Topliss-reactive ketones (excluding diaryl/α,β-unsaturated/α-hetero) is 1. The molecule has 0 fully saturated rings. The molecule has 0 aliphatic heterocycles. The second-order valence-electron chi connectivity index (χ2n) is 12.5. The molecule has 312 valence electrons. The molecule has 4 heterocycles. The Morgan fingerprint density at radius 3 is 1.58 bits per heavy atom. The Hall–Kier alpha value is -7.40. The number of oxazole rings is 2. The van der Waals surface area contributed by atoms with Crippen LogP contribution in [0.4, 0.5) is 50.3 Å². The summed E-state index contributed by atoms with van der Waals surface area (Å²) in [5.41, 5.74) is 3.71. The van der Waals surface area contributed by atoms with E-state index in [1.165, 1.54) is 24.3 Å². The van der Waals surface area contributed by atoms with Crippen LogP contribution in [0.1, 0.15) is 20.7 Å². The Morgan fingerprint density at radius 1 is 0.667 bits per heavy atom. The minimum Gasteiger partial charge on any atom is -0.478 e. The first-order chi connectivity index (χ1) is 28.4. The summed E-state index contributed by atoms with van der Waals surface area (Å²) in [6, 6.07) is 16.6. The zero-order chi connectivity index (χ0) is 42.9. The minimum absolute atomic E-state index is 0.0102. The number of fused-ring (bicyclic) bond motifs is 4. The van der Waals surface area contributed by atoms with Crippen LogP contribution in [0.25, 0.3) is 44.3 Å². The van der Waals surface area contributed by atoms with Crippen molar-refractivity contribution in [2.45, 2.75) is 12.7 Å². The van der Waals surface area contributed by atoms with E-state index in [1.807, 2.05) is 0 Å². The molecule has 0 aliphatic rings. The molecule has 0 atom stereocenters. The van der Waals surface area contributed by atoms with Crippen LogP contribution in [-0.4, -0.2) is 83.6 Å². The smallest absolute Gasteiger partial charge is 0.478 e. The Balaban J connectivity index is 0.000000183. The molecular weight excluding hydrogens is 814 g/mol. The van der Waals surface area contributed by atoms with Gasteiger partial charge in [0.15, 0.2) is 16.9 Å². The van der Waals surface area contributed by atoms with Crippen LogP contribution in [0, 0.1) is 0 Å². The lowest BCUT2D eigenvalue weighted by molar-refractivity contribution is -0.275. The molecule has 8 rings (SSSR count). The quantitative estimate of drug-likeness (QED) is 0.0529. The fraction of sp³-hybridized carbons (Fsp3) is 0.189. The summed E-state index contributed by atoms with van der Waals surface area (Å²) in [7, 11) is 3.44. The highest BCUT2D eigenvalue weighted by atomic mass is 19.4. The van der Waals surface area contributed by atoms with Crippen molar-refractivity contribution in [3.63, 3.8) is 0 Å². The number of carbonyl (C=O) groups excluding carboxylic acids is 1. The van der Waals surface area contributed by atoms with Gasteiger partial charge in [0.05, 0.1) is 40.8 Å². The number of aromatic nitrogens is 6. The SMILES string of the molecule is Cn1c(Nc2nc3ccc(OC(F)(F)F)cc3o2)nc2cc(C(=O)COCCO)ccc21.Cn1c(Nc2nc3ccc(OC(F)(F)F)cc3o2)nc2cc(C(=O)O)ccc21. The molecule has 8 aromatic rings. The maximum absolute atomic E-state index is 12.4. The van der Waals surface area contributed by atoms with Crippen LogP contribution in [0.3, 0.4) is 0 Å². The topological polar surface area (TPSA) is 214 Å². The van der Waals surface area contributed by atoms with Gasteiger partial charge in [0.1, 0.15) is 29.1 Å². The van der Waals surface area contributed by atoms with Gasteiger partial charge in [-0.25, -0.2) is 14.8 Å². The van der Waals surface area contributed by atoms with Crippen LogP contribution in [-0.2, 0) is 18.8 Å². The van der Waals surface area contributed by atoms with Crippen LogP contribution in [0.2, 0.25) is 0 Å². The van der Waals surface area contributed by atoms with E-state index in [9.17, 15) is 35.9 Å². The molecule has 0 unspecified atom stereocenters. The minimum atomic E-state index is -4.81. The van der Waals surface area contributed by atoms with Gasteiger partial charge in [0.25, 0.3) is 0 Å². The molecule has 4 N–H and O–H groups in total. The van der Waals surface area contributed by atoms with E-state index < -0.39 is 30.2 Å². The predicted octanol–water partition coefficient (Wildman–Crippen LogP) is 7.60. The van der Waals surface area contributed by atoms with Crippen molar-refractivity contribution in [2.24, 2.45) is 14.1 Å². The number of ketones is 1. The number of aryl methyl sites for hydroxylation is 2. The molecule has 0 radical (unpaired) electrons. The number of anilines is 4. The highest BCUT2D eigenvalue weighted by Gasteiger charge is 2.32. The first-order valence-electron chi connectivity index (χ1n) is 17.2. The van der Waals surface area contributed by atoms with Crippen LogP contribution < -0.4 is 20.1 Å². The number of aromatic carboxylic acids is 1. The lowest BCUT2D eigenvalue weighted by Crippen LogP contribution is -2.16. The average molecular weight is 843 g/mol. The van der Waals surface area contributed by atoms with E-state index in [0.29, 0.717) is 45.0 Å². The van der Waals surface area contributed by atoms with Crippen molar-refractivity contribution >= 4 is 79.9 Å². The maximum atomic E-state index is 12.4. The molecule has 0 spiro atoms. The number of ether oxygens (including phenoxy) is 3. The Labute approximate surface area is 330 Å². The van der Waals surface area contributed by atoms with Gasteiger partial charge in [-0.1, -0.05) is 0 Å². The number of nitrogens with one attached hydrogen (secondary N) is 2. The van der Waals surface area contributed by atoms with E-state index in [0.717, 1.165) is 29.8 Å². The normalized spacial score (nSPS) is 11.9. The molecule has 23 heteroatoms. The Kier molecular flexibility index (Phi) is 10.9. The number of aliphatic hydroxyl groups excluding tert-OH is 1. The molecule has 4 aromatic heterocycles. The molecule has 0 bridgehead atoms. The Bertz CT molecular complexity index is 2880. The fourth-order valence-electron chi connectivity index (χ4n) is 5.74. The third kappa shape index (κ3) is 9.32. The summed E-state index contributed by atoms with van der Waals surface area (Å²) in [5, 5.41) is 23.5. The second kappa shape index (κ2) is 16.1. The maximum Gasteiger partial charge on any atom is 0.573 e. The van der Waals surface area contributed by atoms with Gasteiger partial charge in [-0.05, 0) is 60.7 Å². The standard InChI is InChI=1S/C20H17F3N4O5.C17H11F3N4O4/c1-27-15-5-2-11(16(29)10-30-7-6-28)8-14(15)24-18(27)26-19-25-13-4-3-12(9-17(13)31-19)32-20(21,22)23;1-24-12-5-2-8(14(25)26)6-11(12)21-15(24)23-16-22-10-4-3-9(7-13(10)27-16)28-17(18,19)20/h2-5,8-9,28H,6-7,10H2,1H3,(H,24,25,26);2-7H,1H3,(H,25,26)(H,21,22,23). The third-order valence-electron chi connectivity index (χ3n) is 8.42. The summed E-state index contributed by atoms with van der Waals surface area (Å²) in [5.74, 6) is -1.51. The summed E-state index contributed by atoms with van der Waals surface area (Å²) in [4.78, 5) is 40.3. The molecule has 0 saturated heterocycles. The number of carboxylic acids is 1. The van der Waals surface area contributed by atoms with Crippen molar-refractivity contribution < 1.29 is 69.2 Å². The average Bonchev–Trinajstić information content (AvgIpc) is 3.93. The van der Waals surface area contributed by atoms with E-state index in [1.54, 1.807) is 47.5 Å². The molecule has 0 amide bonds. The van der Waals surface area contributed by atoms with Gasteiger partial charge in [0.2, 0.25) is 11.9 Å². The lowest BCUT2D eigenvalue weighted by Gasteiger charge is -2.07. The summed E-state index contributed by atoms with van der Waals surface area (Å²) < 4.78 is 101. The monoisotopic (exact) mass is 842 g/mol. The van der Waals surface area contributed by atoms with Gasteiger partial charge >= 0.3 is 30.7 Å². The number of rotatable bonds is 12. The van der Waals surface area contributed by atoms with Crippen molar-refractivity contribution in [3.05, 3.63) is 83.9 Å². The largest absolute Gasteiger partial charge is 0.573 e. The predicted molar refractivity (Wildman–Crippen MR) is 199 cm³/mol. The van der Waals surface area contributed by atoms with Gasteiger partial charge in [-0.15, -0.1) is 26.3 Å². The van der Waals surface area contributed by atoms with Crippen molar-refractivity contribution in [1.82, 2.24) is 29.1 Å².